The predicted molar refractivity (Wildman–Crippen MR) is 114 cm³/mol. The van der Waals surface area contributed by atoms with Crippen LogP contribution in [0.4, 0.5) is 11.4 Å². The van der Waals surface area contributed by atoms with E-state index in [0.29, 0.717) is 5.56 Å². The molecule has 2 aromatic rings. The van der Waals surface area contributed by atoms with E-state index in [2.05, 4.69) is 22.8 Å². The van der Waals surface area contributed by atoms with Crippen molar-refractivity contribution in [3.8, 4) is 0 Å². The van der Waals surface area contributed by atoms with E-state index < -0.39 is 0 Å². The van der Waals surface area contributed by atoms with Gasteiger partial charge in [-0.1, -0.05) is 17.7 Å². The van der Waals surface area contributed by atoms with Gasteiger partial charge in [0.15, 0.2) is 0 Å². The number of hydrogen-bond acceptors (Lipinski definition) is 3. The fourth-order valence-corrected chi connectivity index (χ4v) is 3.75. The van der Waals surface area contributed by atoms with Crippen LogP contribution in [-0.4, -0.2) is 36.3 Å². The molecule has 5 heteroatoms. The molecule has 1 saturated heterocycles. The number of rotatable bonds is 5. The van der Waals surface area contributed by atoms with Crippen molar-refractivity contribution in [1.29, 1.82) is 0 Å². The summed E-state index contributed by atoms with van der Waals surface area (Å²) in [6.45, 7) is 7.91. The highest BCUT2D eigenvalue weighted by Crippen LogP contribution is 2.22. The van der Waals surface area contributed by atoms with E-state index in [1.807, 2.05) is 49.9 Å². The Balaban J connectivity index is 1.54. The van der Waals surface area contributed by atoms with Gasteiger partial charge in [-0.15, -0.1) is 0 Å². The second kappa shape index (κ2) is 8.91. The molecule has 0 saturated carbocycles. The van der Waals surface area contributed by atoms with Gasteiger partial charge in [-0.3, -0.25) is 9.59 Å². The Labute approximate surface area is 167 Å². The summed E-state index contributed by atoms with van der Waals surface area (Å²) in [7, 11) is 0. The van der Waals surface area contributed by atoms with Crippen LogP contribution in [0, 0.1) is 20.8 Å². The van der Waals surface area contributed by atoms with Crippen molar-refractivity contribution >= 4 is 23.2 Å². The number of nitrogens with one attached hydrogen (secondary N) is 2. The van der Waals surface area contributed by atoms with Crippen LogP contribution < -0.4 is 10.6 Å². The highest BCUT2D eigenvalue weighted by molar-refractivity contribution is 5.96. The largest absolute Gasteiger partial charge is 0.376 e. The third kappa shape index (κ3) is 4.91. The Morgan fingerprint density at radius 2 is 1.54 bits per heavy atom. The first-order valence-electron chi connectivity index (χ1n) is 9.95. The molecule has 1 heterocycles. The molecule has 2 N–H and O–H groups in total. The zero-order chi connectivity index (χ0) is 20.1. The molecule has 3 rings (SSSR count). The Bertz CT molecular complexity index is 830. The fourth-order valence-electron chi connectivity index (χ4n) is 3.75. The summed E-state index contributed by atoms with van der Waals surface area (Å²) < 4.78 is 0. The zero-order valence-corrected chi connectivity index (χ0v) is 17.0. The monoisotopic (exact) mass is 379 g/mol. The van der Waals surface area contributed by atoms with Crippen LogP contribution in [0.3, 0.4) is 0 Å². The molecular weight excluding hydrogens is 350 g/mol. The first-order valence-corrected chi connectivity index (χ1v) is 9.95. The lowest BCUT2D eigenvalue weighted by atomic mass is 10.1. The Morgan fingerprint density at radius 1 is 0.929 bits per heavy atom. The van der Waals surface area contributed by atoms with Gasteiger partial charge in [0.1, 0.15) is 0 Å². The molecule has 2 aromatic carbocycles. The lowest BCUT2D eigenvalue weighted by molar-refractivity contribution is -0.114. The van der Waals surface area contributed by atoms with Crippen molar-refractivity contribution < 1.29 is 9.59 Å². The van der Waals surface area contributed by atoms with Gasteiger partial charge < -0.3 is 15.5 Å². The van der Waals surface area contributed by atoms with Crippen LogP contribution >= 0.6 is 0 Å². The summed E-state index contributed by atoms with van der Waals surface area (Å²) in [4.78, 5) is 26.8. The average molecular weight is 380 g/mol. The van der Waals surface area contributed by atoms with E-state index >= 15 is 0 Å². The first kappa shape index (κ1) is 19.9. The summed E-state index contributed by atoms with van der Waals surface area (Å²) in [6, 6.07) is 11.5. The number of amides is 2. The minimum absolute atomic E-state index is 0.0920. The van der Waals surface area contributed by atoms with Gasteiger partial charge in [-0.25, -0.2) is 0 Å². The molecular formula is C23H29N3O2. The highest BCUT2D eigenvalue weighted by atomic mass is 16.2. The van der Waals surface area contributed by atoms with Crippen molar-refractivity contribution in [1.82, 2.24) is 4.90 Å². The maximum Gasteiger partial charge on any atom is 0.253 e. The summed E-state index contributed by atoms with van der Waals surface area (Å²) in [5, 5.41) is 6.11. The molecule has 2 amide bonds. The molecule has 0 aromatic heterocycles. The number of nitrogens with zero attached hydrogens (tertiary/aromatic N) is 1. The molecule has 5 nitrogen and oxygen atoms in total. The van der Waals surface area contributed by atoms with Gasteiger partial charge in [0, 0.05) is 30.0 Å². The molecule has 1 fully saturated rings. The van der Waals surface area contributed by atoms with E-state index in [0.717, 1.165) is 48.4 Å². The second-order valence-corrected chi connectivity index (χ2v) is 7.61. The lowest BCUT2D eigenvalue weighted by Gasteiger charge is -2.26. The van der Waals surface area contributed by atoms with E-state index in [1.165, 1.54) is 12.0 Å². The number of likely N-dealkylation sites (tertiary alicyclic amines) is 1. The quantitative estimate of drug-likeness (QED) is 0.815. The number of piperidine rings is 1. The second-order valence-electron chi connectivity index (χ2n) is 7.61. The smallest absolute Gasteiger partial charge is 0.253 e. The van der Waals surface area contributed by atoms with Crippen LogP contribution in [-0.2, 0) is 4.79 Å². The van der Waals surface area contributed by atoms with Crippen LogP contribution in [0.25, 0.3) is 0 Å². The van der Waals surface area contributed by atoms with Gasteiger partial charge in [-0.05, 0) is 75.4 Å². The Morgan fingerprint density at radius 3 is 2.14 bits per heavy atom. The number of benzene rings is 2. The van der Waals surface area contributed by atoms with Crippen molar-refractivity contribution in [2.45, 2.75) is 40.0 Å². The summed E-state index contributed by atoms with van der Waals surface area (Å²) in [5.41, 5.74) is 5.70. The molecule has 28 heavy (non-hydrogen) atoms. The van der Waals surface area contributed by atoms with E-state index in [-0.39, 0.29) is 18.4 Å². The van der Waals surface area contributed by atoms with Crippen LogP contribution in [0.1, 0.15) is 46.3 Å². The minimum atomic E-state index is -0.0940. The summed E-state index contributed by atoms with van der Waals surface area (Å²) in [5.74, 6) is -0.00200. The molecule has 1 aliphatic rings. The minimum Gasteiger partial charge on any atom is -0.376 e. The molecule has 0 radical (unpaired) electrons. The van der Waals surface area contributed by atoms with Crippen LogP contribution in [0.5, 0.6) is 0 Å². The van der Waals surface area contributed by atoms with Gasteiger partial charge in [0.2, 0.25) is 5.91 Å². The van der Waals surface area contributed by atoms with Crippen LogP contribution in [0.15, 0.2) is 36.4 Å². The molecule has 0 spiro atoms. The van der Waals surface area contributed by atoms with Crippen LogP contribution in [0.2, 0.25) is 0 Å². The lowest BCUT2D eigenvalue weighted by Crippen LogP contribution is -2.35. The number of carbonyl (C=O) groups is 2. The molecule has 0 aliphatic carbocycles. The van der Waals surface area contributed by atoms with E-state index in [9.17, 15) is 9.59 Å². The predicted octanol–water partition coefficient (Wildman–Crippen LogP) is 4.29. The standard InChI is InChI=1S/C23H29N3O2/c1-16-13-17(2)22(18(3)14-16)25-21(27)15-24-20-9-7-19(8-10-20)23(28)26-11-5-4-6-12-26/h7-10,13-14,24H,4-6,11-12,15H2,1-3H3,(H,25,27). The number of aryl methyl sites for hydroxylation is 3. The fraction of sp³-hybridized carbons (Fsp3) is 0.391. The van der Waals surface area contributed by atoms with Gasteiger partial charge in [0.25, 0.3) is 5.91 Å². The normalized spacial score (nSPS) is 13.9. The van der Waals surface area contributed by atoms with Gasteiger partial charge in [-0.2, -0.15) is 0 Å². The summed E-state index contributed by atoms with van der Waals surface area (Å²) >= 11 is 0. The molecule has 0 unspecified atom stereocenters. The Kier molecular flexibility index (Phi) is 6.34. The van der Waals surface area contributed by atoms with E-state index in [1.54, 1.807) is 0 Å². The maximum absolute atomic E-state index is 12.5. The molecule has 148 valence electrons. The number of carbonyl (C=O) groups excluding carboxylic acids is 2. The topological polar surface area (TPSA) is 61.4 Å². The Hall–Kier alpha value is -2.82. The van der Waals surface area contributed by atoms with Crippen molar-refractivity contribution in [2.75, 3.05) is 30.3 Å². The number of hydrogen-bond donors (Lipinski definition) is 2. The summed E-state index contributed by atoms with van der Waals surface area (Å²) in [6.07, 6.45) is 3.37. The molecule has 0 bridgehead atoms. The van der Waals surface area contributed by atoms with Gasteiger partial charge >= 0.3 is 0 Å². The molecule has 0 atom stereocenters. The third-order valence-corrected chi connectivity index (χ3v) is 5.17. The maximum atomic E-state index is 12.5. The van der Waals surface area contributed by atoms with Crippen molar-refractivity contribution in [2.24, 2.45) is 0 Å². The SMILES string of the molecule is Cc1cc(C)c(NC(=O)CNc2ccc(C(=O)N3CCCCC3)cc2)c(C)c1. The van der Waals surface area contributed by atoms with Crippen molar-refractivity contribution in [3.63, 3.8) is 0 Å². The average Bonchev–Trinajstić information content (AvgIpc) is 2.69. The first-order chi connectivity index (χ1) is 13.4. The van der Waals surface area contributed by atoms with Gasteiger partial charge in [0.05, 0.1) is 6.54 Å². The molecule has 1 aliphatic heterocycles. The zero-order valence-electron chi connectivity index (χ0n) is 17.0. The van der Waals surface area contributed by atoms with E-state index in [4.69, 9.17) is 0 Å². The highest BCUT2D eigenvalue weighted by Gasteiger charge is 2.17. The van der Waals surface area contributed by atoms with Crippen molar-refractivity contribution in [3.05, 3.63) is 58.7 Å². The number of anilines is 2. The third-order valence-electron chi connectivity index (χ3n) is 5.17.